The van der Waals surface area contributed by atoms with Gasteiger partial charge in [-0.1, -0.05) is 17.7 Å². The van der Waals surface area contributed by atoms with Gasteiger partial charge in [-0.3, -0.25) is 14.8 Å². The van der Waals surface area contributed by atoms with E-state index in [4.69, 9.17) is 16.3 Å². The molecule has 4 rings (SSSR count). The summed E-state index contributed by atoms with van der Waals surface area (Å²) in [5.41, 5.74) is 2.20. The van der Waals surface area contributed by atoms with Gasteiger partial charge < -0.3 is 10.1 Å². The van der Waals surface area contributed by atoms with E-state index in [1.807, 2.05) is 6.07 Å². The van der Waals surface area contributed by atoms with Crippen molar-refractivity contribution in [2.45, 2.75) is 13.5 Å². The Morgan fingerprint density at radius 2 is 2.00 bits per heavy atom. The molecule has 2 aromatic heterocycles. The first-order valence-electron chi connectivity index (χ1n) is 9.21. The van der Waals surface area contributed by atoms with Crippen LogP contribution < -0.4 is 10.1 Å². The molecule has 1 amide bonds. The van der Waals surface area contributed by atoms with Gasteiger partial charge in [0.2, 0.25) is 0 Å². The number of rotatable bonds is 5. The quantitative estimate of drug-likeness (QED) is 0.465. The van der Waals surface area contributed by atoms with Crippen LogP contribution in [-0.4, -0.2) is 15.9 Å². The monoisotopic (exact) mass is 421 g/mol. The van der Waals surface area contributed by atoms with E-state index in [0.29, 0.717) is 38.7 Å². The van der Waals surface area contributed by atoms with E-state index in [0.717, 1.165) is 11.6 Å². The first-order valence-corrected chi connectivity index (χ1v) is 9.59. The second-order valence-corrected chi connectivity index (χ2v) is 7.09. The zero-order chi connectivity index (χ0) is 21.1. The highest BCUT2D eigenvalue weighted by Crippen LogP contribution is 2.32. The number of amides is 1. The number of ether oxygens (including phenoxy) is 1. The average Bonchev–Trinajstić information content (AvgIpc) is 2.74. The molecule has 2 heterocycles. The molecule has 0 saturated heterocycles. The third-order valence-electron chi connectivity index (χ3n) is 4.71. The Kier molecular flexibility index (Phi) is 5.59. The van der Waals surface area contributed by atoms with E-state index >= 15 is 0 Å². The molecule has 0 saturated carbocycles. The Morgan fingerprint density at radius 3 is 2.83 bits per heavy atom. The maximum absolute atomic E-state index is 13.7. The van der Waals surface area contributed by atoms with Crippen molar-refractivity contribution < 1.29 is 13.9 Å². The fraction of sp³-hybridized carbons (Fsp3) is 0.0870. The molecule has 30 heavy (non-hydrogen) atoms. The SMILES string of the molecule is Cc1c(Oc2ccnc3cc(Cl)ccc23)cccc1C(=O)NCc1ccncc1F. The predicted octanol–water partition coefficient (Wildman–Crippen LogP) is 5.45. The molecule has 2 aromatic carbocycles. The molecule has 0 unspecified atom stereocenters. The van der Waals surface area contributed by atoms with Crippen LogP contribution in [0.1, 0.15) is 21.5 Å². The lowest BCUT2D eigenvalue weighted by Crippen LogP contribution is -2.24. The molecule has 5 nitrogen and oxygen atoms in total. The first-order chi connectivity index (χ1) is 14.5. The molecular weight excluding hydrogens is 405 g/mol. The minimum absolute atomic E-state index is 0.0630. The zero-order valence-corrected chi connectivity index (χ0v) is 16.8. The molecule has 0 aliphatic carbocycles. The summed E-state index contributed by atoms with van der Waals surface area (Å²) in [7, 11) is 0. The number of fused-ring (bicyclic) bond motifs is 1. The van der Waals surface area contributed by atoms with Crippen LogP contribution in [0.4, 0.5) is 4.39 Å². The van der Waals surface area contributed by atoms with Gasteiger partial charge in [0.1, 0.15) is 17.3 Å². The van der Waals surface area contributed by atoms with Crippen molar-refractivity contribution in [2.75, 3.05) is 0 Å². The van der Waals surface area contributed by atoms with Gasteiger partial charge in [0.15, 0.2) is 0 Å². The minimum Gasteiger partial charge on any atom is -0.456 e. The van der Waals surface area contributed by atoms with Crippen LogP contribution in [0.15, 0.2) is 67.1 Å². The summed E-state index contributed by atoms with van der Waals surface area (Å²) in [5, 5.41) is 4.14. The Morgan fingerprint density at radius 1 is 1.13 bits per heavy atom. The topological polar surface area (TPSA) is 64.1 Å². The number of halogens is 2. The minimum atomic E-state index is -0.462. The summed E-state index contributed by atoms with van der Waals surface area (Å²) in [5.74, 6) is 0.369. The number of nitrogens with zero attached hydrogens (tertiary/aromatic N) is 2. The van der Waals surface area contributed by atoms with Crippen molar-refractivity contribution in [3.05, 3.63) is 94.7 Å². The van der Waals surface area contributed by atoms with Gasteiger partial charge >= 0.3 is 0 Å². The maximum Gasteiger partial charge on any atom is 0.251 e. The highest BCUT2D eigenvalue weighted by molar-refractivity contribution is 6.31. The third-order valence-corrected chi connectivity index (χ3v) is 4.94. The summed E-state index contributed by atoms with van der Waals surface area (Å²) >= 11 is 6.04. The fourth-order valence-electron chi connectivity index (χ4n) is 3.09. The van der Waals surface area contributed by atoms with E-state index in [1.165, 1.54) is 12.3 Å². The van der Waals surface area contributed by atoms with Gasteiger partial charge in [0.05, 0.1) is 11.7 Å². The number of hydrogen-bond donors (Lipinski definition) is 1. The molecule has 0 radical (unpaired) electrons. The highest BCUT2D eigenvalue weighted by atomic mass is 35.5. The molecule has 0 aliphatic rings. The summed E-state index contributed by atoms with van der Waals surface area (Å²) in [6.45, 7) is 1.87. The third kappa shape index (κ3) is 4.09. The Labute approximate surface area is 177 Å². The van der Waals surface area contributed by atoms with Crippen LogP contribution in [0, 0.1) is 12.7 Å². The Hall–Kier alpha value is -3.51. The largest absolute Gasteiger partial charge is 0.456 e. The normalized spacial score (nSPS) is 10.8. The van der Waals surface area contributed by atoms with Gasteiger partial charge in [-0.15, -0.1) is 0 Å². The number of aromatic nitrogens is 2. The fourth-order valence-corrected chi connectivity index (χ4v) is 3.26. The number of nitrogens with one attached hydrogen (secondary N) is 1. The molecule has 0 atom stereocenters. The molecule has 1 N–H and O–H groups in total. The van der Waals surface area contributed by atoms with Crippen molar-refractivity contribution in [3.8, 4) is 11.5 Å². The zero-order valence-electron chi connectivity index (χ0n) is 16.0. The summed E-state index contributed by atoms with van der Waals surface area (Å²) in [6.07, 6.45) is 4.24. The lowest BCUT2D eigenvalue weighted by Gasteiger charge is -2.14. The molecule has 150 valence electrons. The van der Waals surface area contributed by atoms with E-state index in [-0.39, 0.29) is 12.5 Å². The number of carbonyl (C=O) groups is 1. The lowest BCUT2D eigenvalue weighted by molar-refractivity contribution is 0.0949. The molecule has 0 spiro atoms. The van der Waals surface area contributed by atoms with Gasteiger partial charge in [-0.2, -0.15) is 0 Å². The molecular formula is C23H17ClFN3O2. The van der Waals surface area contributed by atoms with Crippen molar-refractivity contribution in [2.24, 2.45) is 0 Å². The maximum atomic E-state index is 13.7. The molecule has 7 heteroatoms. The van der Waals surface area contributed by atoms with Gasteiger partial charge in [0, 0.05) is 46.0 Å². The number of carbonyl (C=O) groups excluding carboxylic acids is 1. The number of pyridine rings is 2. The Bertz CT molecular complexity index is 1250. The van der Waals surface area contributed by atoms with Crippen LogP contribution >= 0.6 is 11.6 Å². The van der Waals surface area contributed by atoms with Crippen molar-refractivity contribution in [1.82, 2.24) is 15.3 Å². The first kappa shape index (κ1) is 19.8. The van der Waals surface area contributed by atoms with E-state index in [2.05, 4.69) is 15.3 Å². The van der Waals surface area contributed by atoms with Crippen LogP contribution in [-0.2, 0) is 6.54 Å². The summed E-state index contributed by atoms with van der Waals surface area (Å²) in [6, 6.07) is 13.9. The van der Waals surface area contributed by atoms with E-state index in [9.17, 15) is 9.18 Å². The Balaban J connectivity index is 1.58. The standard InChI is InChI=1S/C23H17ClFN3O2/c1-14-17(23(29)28-12-15-7-9-26-13-19(15)25)3-2-4-21(14)30-22-8-10-27-20-11-16(24)5-6-18(20)22/h2-11,13H,12H2,1H3,(H,28,29). The van der Waals surface area contributed by atoms with E-state index < -0.39 is 5.82 Å². The van der Waals surface area contributed by atoms with Crippen LogP contribution in [0.2, 0.25) is 5.02 Å². The van der Waals surface area contributed by atoms with E-state index in [1.54, 1.807) is 49.5 Å². The van der Waals surface area contributed by atoms with Crippen LogP contribution in [0.25, 0.3) is 10.9 Å². The second-order valence-electron chi connectivity index (χ2n) is 6.65. The smallest absolute Gasteiger partial charge is 0.251 e. The van der Waals surface area contributed by atoms with Crippen molar-refractivity contribution in [1.29, 1.82) is 0 Å². The van der Waals surface area contributed by atoms with Crippen LogP contribution in [0.3, 0.4) is 0 Å². The molecule has 0 aliphatic heterocycles. The second kappa shape index (κ2) is 8.47. The molecule has 0 fully saturated rings. The highest BCUT2D eigenvalue weighted by Gasteiger charge is 2.14. The van der Waals surface area contributed by atoms with Gasteiger partial charge in [-0.25, -0.2) is 4.39 Å². The summed E-state index contributed by atoms with van der Waals surface area (Å²) in [4.78, 5) is 20.7. The number of hydrogen-bond acceptors (Lipinski definition) is 4. The number of benzene rings is 2. The van der Waals surface area contributed by atoms with Gasteiger partial charge in [0.25, 0.3) is 5.91 Å². The van der Waals surface area contributed by atoms with Crippen LogP contribution in [0.5, 0.6) is 11.5 Å². The van der Waals surface area contributed by atoms with Gasteiger partial charge in [-0.05, 0) is 49.4 Å². The lowest BCUT2D eigenvalue weighted by atomic mass is 10.1. The van der Waals surface area contributed by atoms with Crippen molar-refractivity contribution >= 4 is 28.4 Å². The molecule has 4 aromatic rings. The average molecular weight is 422 g/mol. The summed E-state index contributed by atoms with van der Waals surface area (Å²) < 4.78 is 19.8. The molecule has 0 bridgehead atoms. The van der Waals surface area contributed by atoms with Crippen molar-refractivity contribution in [3.63, 3.8) is 0 Å². The predicted molar refractivity (Wildman–Crippen MR) is 113 cm³/mol.